The molecule has 0 aliphatic rings. The molecular weight excluding hydrogens is 284 g/mol. The molecule has 0 spiro atoms. The van der Waals surface area contributed by atoms with Gasteiger partial charge in [0.15, 0.2) is 0 Å². The van der Waals surface area contributed by atoms with Gasteiger partial charge in [-0.25, -0.2) is 0 Å². The van der Waals surface area contributed by atoms with Crippen molar-refractivity contribution in [3.8, 4) is 0 Å². The Labute approximate surface area is 133 Å². The number of nitrogens with zero attached hydrogens (tertiary/aromatic N) is 1. The number of hydrogen-bond acceptors (Lipinski definition) is 2. The third-order valence-electron chi connectivity index (χ3n) is 3.60. The molecular formula is C17H27ClN2O. The fourth-order valence-electron chi connectivity index (χ4n) is 2.54. The van der Waals surface area contributed by atoms with E-state index in [1.807, 2.05) is 36.1 Å². The highest BCUT2D eigenvalue weighted by atomic mass is 35.5. The van der Waals surface area contributed by atoms with Gasteiger partial charge in [0.2, 0.25) is 5.91 Å². The molecule has 0 saturated carbocycles. The molecule has 4 heteroatoms. The second kappa shape index (κ2) is 9.06. The molecule has 118 valence electrons. The zero-order valence-electron chi connectivity index (χ0n) is 13.3. The molecule has 1 amide bonds. The summed E-state index contributed by atoms with van der Waals surface area (Å²) in [6.45, 7) is 8.20. The minimum absolute atomic E-state index is 0.175. The Morgan fingerprint density at radius 1 is 1.38 bits per heavy atom. The highest BCUT2D eigenvalue weighted by Gasteiger charge is 2.18. The first-order valence-electron chi connectivity index (χ1n) is 7.68. The normalized spacial score (nSPS) is 12.5. The first kappa shape index (κ1) is 18.0. The van der Waals surface area contributed by atoms with Gasteiger partial charge in [-0.2, -0.15) is 0 Å². The molecule has 0 fully saturated rings. The summed E-state index contributed by atoms with van der Waals surface area (Å²) in [4.78, 5) is 14.3. The van der Waals surface area contributed by atoms with E-state index in [4.69, 9.17) is 17.3 Å². The van der Waals surface area contributed by atoms with Gasteiger partial charge in [-0.1, -0.05) is 37.6 Å². The van der Waals surface area contributed by atoms with Gasteiger partial charge >= 0.3 is 0 Å². The number of halogens is 1. The summed E-state index contributed by atoms with van der Waals surface area (Å²) in [5.41, 5.74) is 6.86. The maximum Gasteiger partial charge on any atom is 0.223 e. The Bertz CT molecular complexity index is 448. The third kappa shape index (κ3) is 6.49. The molecule has 0 saturated heterocycles. The van der Waals surface area contributed by atoms with Crippen molar-refractivity contribution in [3.63, 3.8) is 0 Å². The summed E-state index contributed by atoms with van der Waals surface area (Å²) < 4.78 is 0. The number of amides is 1. The summed E-state index contributed by atoms with van der Waals surface area (Å²) in [6.07, 6.45) is 1.53. The largest absolute Gasteiger partial charge is 0.339 e. The Morgan fingerprint density at radius 2 is 2.10 bits per heavy atom. The van der Waals surface area contributed by atoms with Crippen LogP contribution in [-0.2, 0) is 11.3 Å². The molecule has 0 bridgehead atoms. The van der Waals surface area contributed by atoms with Crippen LogP contribution in [0.4, 0.5) is 0 Å². The molecule has 2 N–H and O–H groups in total. The van der Waals surface area contributed by atoms with Crippen LogP contribution >= 0.6 is 11.6 Å². The van der Waals surface area contributed by atoms with E-state index in [9.17, 15) is 4.79 Å². The minimum atomic E-state index is 0.175. The second-order valence-corrected chi connectivity index (χ2v) is 6.41. The summed E-state index contributed by atoms with van der Waals surface area (Å²) in [6, 6.07) is 7.66. The quantitative estimate of drug-likeness (QED) is 0.796. The van der Waals surface area contributed by atoms with Crippen LogP contribution in [0.2, 0.25) is 5.02 Å². The fraction of sp³-hybridized carbons (Fsp3) is 0.588. The van der Waals surface area contributed by atoms with E-state index < -0.39 is 0 Å². The Kier molecular flexibility index (Phi) is 7.76. The average Bonchev–Trinajstić information content (AvgIpc) is 2.43. The second-order valence-electron chi connectivity index (χ2n) is 5.97. The lowest BCUT2D eigenvalue weighted by molar-refractivity contribution is -0.132. The number of nitrogens with two attached hydrogens (primary N) is 1. The molecule has 1 aromatic carbocycles. The van der Waals surface area contributed by atoms with E-state index in [-0.39, 0.29) is 11.8 Å². The van der Waals surface area contributed by atoms with Gasteiger partial charge in [0, 0.05) is 24.5 Å². The molecule has 0 aromatic heterocycles. The number of benzene rings is 1. The molecule has 0 radical (unpaired) electrons. The van der Waals surface area contributed by atoms with Crippen LogP contribution in [0.3, 0.4) is 0 Å². The number of rotatable bonds is 8. The lowest BCUT2D eigenvalue weighted by Gasteiger charge is -2.24. The topological polar surface area (TPSA) is 46.3 Å². The van der Waals surface area contributed by atoms with Crippen LogP contribution in [0.25, 0.3) is 0 Å². The van der Waals surface area contributed by atoms with Crippen LogP contribution in [0, 0.1) is 11.8 Å². The van der Waals surface area contributed by atoms with Crippen molar-refractivity contribution in [2.45, 2.75) is 40.2 Å². The Hall–Kier alpha value is -1.06. The van der Waals surface area contributed by atoms with E-state index in [0.29, 0.717) is 37.0 Å². The van der Waals surface area contributed by atoms with Gasteiger partial charge in [0.05, 0.1) is 0 Å². The van der Waals surface area contributed by atoms with Crippen molar-refractivity contribution in [1.29, 1.82) is 0 Å². The monoisotopic (exact) mass is 310 g/mol. The van der Waals surface area contributed by atoms with Gasteiger partial charge in [-0.05, 0) is 49.4 Å². The first-order chi connectivity index (χ1) is 9.96. The molecule has 0 aliphatic carbocycles. The summed E-state index contributed by atoms with van der Waals surface area (Å²) >= 11 is 6.00. The van der Waals surface area contributed by atoms with Gasteiger partial charge in [-0.15, -0.1) is 0 Å². The lowest BCUT2D eigenvalue weighted by atomic mass is 9.93. The molecule has 0 unspecified atom stereocenters. The van der Waals surface area contributed by atoms with E-state index in [2.05, 4.69) is 13.8 Å². The molecule has 3 nitrogen and oxygen atoms in total. The number of hydrogen-bond donors (Lipinski definition) is 1. The van der Waals surface area contributed by atoms with Crippen molar-refractivity contribution in [2.75, 3.05) is 13.1 Å². The SMILES string of the molecule is CCN(Cc1cccc(Cl)c1)C(=O)C[C@@H](CN)CC(C)C. The van der Waals surface area contributed by atoms with E-state index in [0.717, 1.165) is 12.0 Å². The molecule has 0 aliphatic heterocycles. The summed E-state index contributed by atoms with van der Waals surface area (Å²) in [5.74, 6) is 1.01. The van der Waals surface area contributed by atoms with Crippen molar-refractivity contribution < 1.29 is 4.79 Å². The maximum absolute atomic E-state index is 12.5. The predicted molar refractivity (Wildman–Crippen MR) is 89.2 cm³/mol. The number of carbonyl (C=O) groups excluding carboxylic acids is 1. The summed E-state index contributed by atoms with van der Waals surface area (Å²) in [7, 11) is 0. The maximum atomic E-state index is 12.5. The fourth-order valence-corrected chi connectivity index (χ4v) is 2.75. The van der Waals surface area contributed by atoms with Gasteiger partial charge in [0.1, 0.15) is 0 Å². The van der Waals surface area contributed by atoms with Crippen LogP contribution < -0.4 is 5.73 Å². The zero-order chi connectivity index (χ0) is 15.8. The highest BCUT2D eigenvalue weighted by molar-refractivity contribution is 6.30. The van der Waals surface area contributed by atoms with Crippen LogP contribution in [-0.4, -0.2) is 23.9 Å². The van der Waals surface area contributed by atoms with Crippen LogP contribution in [0.1, 0.15) is 39.2 Å². The lowest BCUT2D eigenvalue weighted by Crippen LogP contribution is -2.33. The number of carbonyl (C=O) groups is 1. The van der Waals surface area contributed by atoms with Crippen molar-refractivity contribution in [3.05, 3.63) is 34.9 Å². The van der Waals surface area contributed by atoms with Crippen molar-refractivity contribution in [1.82, 2.24) is 4.90 Å². The van der Waals surface area contributed by atoms with Crippen LogP contribution in [0.5, 0.6) is 0 Å². The zero-order valence-corrected chi connectivity index (χ0v) is 14.1. The Morgan fingerprint density at radius 3 is 2.62 bits per heavy atom. The third-order valence-corrected chi connectivity index (χ3v) is 3.83. The molecule has 0 heterocycles. The van der Waals surface area contributed by atoms with E-state index in [1.54, 1.807) is 0 Å². The van der Waals surface area contributed by atoms with E-state index >= 15 is 0 Å². The van der Waals surface area contributed by atoms with Gasteiger partial charge in [-0.3, -0.25) is 4.79 Å². The predicted octanol–water partition coefficient (Wildman–Crippen LogP) is 3.70. The van der Waals surface area contributed by atoms with Gasteiger partial charge < -0.3 is 10.6 Å². The van der Waals surface area contributed by atoms with E-state index in [1.165, 1.54) is 0 Å². The Balaban J connectivity index is 2.64. The first-order valence-corrected chi connectivity index (χ1v) is 8.06. The summed E-state index contributed by atoms with van der Waals surface area (Å²) in [5, 5.41) is 0.704. The highest BCUT2D eigenvalue weighted by Crippen LogP contribution is 2.17. The average molecular weight is 311 g/mol. The smallest absolute Gasteiger partial charge is 0.223 e. The standard InChI is InChI=1S/C17H27ClN2O/c1-4-20(12-14-6-5-7-16(18)9-14)17(21)10-15(11-19)8-13(2)3/h5-7,9,13,15H,4,8,10-12,19H2,1-3H3/t15-/m0/s1. The molecule has 1 rings (SSSR count). The molecule has 1 atom stereocenters. The minimum Gasteiger partial charge on any atom is -0.339 e. The van der Waals surface area contributed by atoms with Crippen molar-refractivity contribution >= 4 is 17.5 Å². The van der Waals surface area contributed by atoms with Gasteiger partial charge in [0.25, 0.3) is 0 Å². The van der Waals surface area contributed by atoms with Crippen molar-refractivity contribution in [2.24, 2.45) is 17.6 Å². The van der Waals surface area contributed by atoms with Crippen LogP contribution in [0.15, 0.2) is 24.3 Å². The molecule has 21 heavy (non-hydrogen) atoms. The molecule has 1 aromatic rings.